The van der Waals surface area contributed by atoms with Crippen molar-refractivity contribution in [2.24, 2.45) is 0 Å². The van der Waals surface area contributed by atoms with Gasteiger partial charge in [0.05, 0.1) is 47.2 Å². The fourth-order valence-corrected chi connectivity index (χ4v) is 22.5. The number of fused-ring (bicyclic) bond motifs is 15. The molecule has 15 heteroatoms. The summed E-state index contributed by atoms with van der Waals surface area (Å²) in [6.07, 6.45) is 0. The molecule has 0 fully saturated rings. The van der Waals surface area contributed by atoms with Crippen LogP contribution in [0.2, 0.25) is 0 Å². The molecule has 0 spiro atoms. The molecule has 0 aliphatic heterocycles. The predicted octanol–water partition coefficient (Wildman–Crippen LogP) is 32.5. The maximum Gasteiger partial charge on any atom is 0.164 e. The molecule has 138 heavy (non-hydrogen) atoms. The number of nitrogens with zero attached hydrogens (tertiary/aromatic N) is 12. The summed E-state index contributed by atoms with van der Waals surface area (Å²) < 4.78 is 11.1. The van der Waals surface area contributed by atoms with Gasteiger partial charge in [-0.25, -0.2) is 44.9 Å². The molecule has 9 aromatic heterocycles. The third kappa shape index (κ3) is 15.5. The van der Waals surface area contributed by atoms with Crippen molar-refractivity contribution < 1.29 is 0 Å². The topological polar surface area (TPSA) is 129 Å². The van der Waals surface area contributed by atoms with Crippen molar-refractivity contribution in [2.75, 3.05) is 0 Å². The molecule has 0 bridgehead atoms. The SMILES string of the molecule is c1ccc(-c2nc(-c3ccccc3)nc(-c3ccc(-c4cccc(-c5c6ccccc6n6c5sc5ccccc56)c4)cc3)n2)cc1.c1ccc(-c2nc(-c3ccccc3)nc(-c3cccc(-c4ccc(-c5c6ccccc6n6c5sc5ccccc56)cc4)c3)n2)cc1.c1ccc(-c2nc(-c3ccccc3)nc(-c3cccc(-c4cccc(-c5c6ccccc6n6c5sc5ccccc56)c4)c3)n2)cc1. The van der Waals surface area contributed by atoms with Gasteiger partial charge in [-0.3, -0.25) is 13.2 Å². The molecule has 0 radical (unpaired) electrons. The summed E-state index contributed by atoms with van der Waals surface area (Å²) in [4.78, 5) is 47.9. The Labute approximate surface area is 806 Å². The average Bonchev–Trinajstić information content (AvgIpc) is 1.57. The minimum Gasteiger partial charge on any atom is -0.299 e. The molecule has 0 saturated carbocycles. The second-order valence-electron chi connectivity index (χ2n) is 33.9. The Morgan fingerprint density at radius 3 is 0.594 bits per heavy atom. The molecule has 9 heterocycles. The monoisotopic (exact) mass is 1820 g/mol. The smallest absolute Gasteiger partial charge is 0.164 e. The summed E-state index contributed by atoms with van der Waals surface area (Å²) in [5, 5.41) is 3.80. The van der Waals surface area contributed by atoms with Crippen LogP contribution in [-0.2, 0) is 0 Å². The lowest BCUT2D eigenvalue weighted by Gasteiger charge is -2.10. The summed E-state index contributed by atoms with van der Waals surface area (Å²) in [5.41, 5.74) is 30.3. The van der Waals surface area contributed by atoms with E-state index in [9.17, 15) is 0 Å². The van der Waals surface area contributed by atoms with E-state index in [1.807, 2.05) is 216 Å². The largest absolute Gasteiger partial charge is 0.299 e. The zero-order valence-electron chi connectivity index (χ0n) is 74.1. The number of para-hydroxylation sites is 6. The van der Waals surface area contributed by atoms with Crippen LogP contribution in [0.15, 0.2) is 473 Å². The zero-order valence-corrected chi connectivity index (χ0v) is 76.6. The van der Waals surface area contributed by atoms with Gasteiger partial charge in [0.1, 0.15) is 14.5 Å². The lowest BCUT2D eigenvalue weighted by Crippen LogP contribution is -2.00. The number of hydrogen-bond acceptors (Lipinski definition) is 12. The van der Waals surface area contributed by atoms with Crippen molar-refractivity contribution in [3.63, 3.8) is 0 Å². The molecular formula is C123H78N12S3. The standard InChI is InChI=1S/3C41H26N4S/c1-3-13-27(14-4-1)38-42-39(28-15-5-2-6-16-28)44-40(43-38)32-20-12-18-30(26-32)29-17-11-19-31(25-29)37-33-21-7-8-22-34(33)45-35-23-9-10-24-36(35)46-41(37)45;1-3-12-29(13-4-1)38-42-39(30-14-5-2-6-15-30)44-40(43-38)32-17-11-16-31(26-32)27-22-24-28(25-23-27)37-33-18-7-8-19-34(33)45-35-20-9-10-21-36(35)46-41(37)45;1-3-12-28(13-4-1)38-42-39(29-14-5-2-6-15-29)44-40(43-38)30-24-22-27(23-25-30)31-16-11-17-32(26-31)37-33-18-7-8-19-34(33)45-35-20-9-10-21-36(35)46-41(37)45/h3*1-26H. The Bertz CT molecular complexity index is 9090. The maximum atomic E-state index is 4.96. The Morgan fingerprint density at radius 1 is 0.130 bits per heavy atom. The Hall–Kier alpha value is -17.7. The third-order valence-corrected chi connectivity index (χ3v) is 28.8. The maximum absolute atomic E-state index is 4.96. The van der Waals surface area contributed by atoms with Crippen molar-refractivity contribution in [1.82, 2.24) is 58.1 Å². The van der Waals surface area contributed by atoms with E-state index in [0.717, 1.165) is 77.9 Å². The lowest BCUT2D eigenvalue weighted by molar-refractivity contribution is 1.07. The molecule has 18 aromatic carbocycles. The first kappa shape index (κ1) is 82.2. The van der Waals surface area contributed by atoms with Crippen molar-refractivity contribution in [2.45, 2.75) is 0 Å². The molecule has 0 amide bonds. The predicted molar refractivity (Wildman–Crippen MR) is 573 cm³/mol. The number of thiazole rings is 3. The highest BCUT2D eigenvalue weighted by molar-refractivity contribution is 7.25. The van der Waals surface area contributed by atoms with Gasteiger partial charge in [-0.05, 0) is 129 Å². The van der Waals surface area contributed by atoms with E-state index in [1.54, 1.807) is 0 Å². The van der Waals surface area contributed by atoms with Gasteiger partial charge in [-0.1, -0.05) is 394 Å². The van der Waals surface area contributed by atoms with Crippen LogP contribution in [-0.4, -0.2) is 58.1 Å². The summed E-state index contributed by atoms with van der Waals surface area (Å²) in [5.74, 6) is 5.91. The van der Waals surface area contributed by atoms with E-state index in [-0.39, 0.29) is 0 Å². The highest BCUT2D eigenvalue weighted by atomic mass is 32.1. The summed E-state index contributed by atoms with van der Waals surface area (Å²) >= 11 is 5.55. The van der Waals surface area contributed by atoms with Gasteiger partial charge in [0, 0.05) is 82.9 Å². The molecule has 0 saturated heterocycles. The highest BCUT2D eigenvalue weighted by Crippen LogP contribution is 2.48. The quantitative estimate of drug-likeness (QED) is 0.0985. The van der Waals surface area contributed by atoms with E-state index >= 15 is 0 Å². The molecule has 0 aliphatic carbocycles. The van der Waals surface area contributed by atoms with Gasteiger partial charge in [0.15, 0.2) is 52.4 Å². The molecule has 0 atom stereocenters. The number of rotatable bonds is 15. The van der Waals surface area contributed by atoms with E-state index in [0.29, 0.717) is 52.4 Å². The van der Waals surface area contributed by atoms with Gasteiger partial charge in [0.25, 0.3) is 0 Å². The van der Waals surface area contributed by atoms with Crippen LogP contribution in [0, 0.1) is 0 Å². The first-order chi connectivity index (χ1) is 68.4. The fraction of sp³-hybridized carbons (Fsp3) is 0. The lowest BCUT2D eigenvalue weighted by atomic mass is 9.97. The number of hydrogen-bond donors (Lipinski definition) is 0. The first-order valence-electron chi connectivity index (χ1n) is 45.9. The van der Waals surface area contributed by atoms with Gasteiger partial charge in [-0.2, -0.15) is 0 Å². The normalized spacial score (nSPS) is 11.5. The minimum atomic E-state index is 0.649. The number of benzene rings is 18. The van der Waals surface area contributed by atoms with Crippen LogP contribution in [0.1, 0.15) is 0 Å². The Balaban J connectivity index is 0.000000110. The second kappa shape index (κ2) is 35.7. The van der Waals surface area contributed by atoms with Crippen molar-refractivity contribution >= 4 is 112 Å². The van der Waals surface area contributed by atoms with E-state index in [4.69, 9.17) is 44.9 Å². The second-order valence-corrected chi connectivity index (χ2v) is 37.0. The molecule has 0 aliphatic rings. The summed E-state index contributed by atoms with van der Waals surface area (Å²) in [6, 6.07) is 165. The Morgan fingerprint density at radius 2 is 0.312 bits per heavy atom. The minimum absolute atomic E-state index is 0.649. The highest BCUT2D eigenvalue weighted by Gasteiger charge is 2.25. The Kier molecular flexibility index (Phi) is 21.2. The van der Waals surface area contributed by atoms with Gasteiger partial charge in [0.2, 0.25) is 0 Å². The summed E-state index contributed by atoms with van der Waals surface area (Å²) in [6.45, 7) is 0. The average molecular weight is 1820 g/mol. The van der Waals surface area contributed by atoms with Crippen molar-refractivity contribution in [3.8, 4) is 169 Å². The zero-order chi connectivity index (χ0) is 91.4. The van der Waals surface area contributed by atoms with Crippen molar-refractivity contribution in [1.29, 1.82) is 0 Å². The summed E-state index contributed by atoms with van der Waals surface area (Å²) in [7, 11) is 0. The van der Waals surface area contributed by atoms with E-state index in [2.05, 4.69) is 304 Å². The third-order valence-electron chi connectivity index (χ3n) is 25.4. The molecule has 27 aromatic rings. The molecule has 12 nitrogen and oxygen atoms in total. The van der Waals surface area contributed by atoms with Crippen molar-refractivity contribution in [3.05, 3.63) is 473 Å². The van der Waals surface area contributed by atoms with Crippen LogP contribution in [0.25, 0.3) is 247 Å². The number of aromatic nitrogens is 12. The van der Waals surface area contributed by atoms with Crippen LogP contribution in [0.5, 0.6) is 0 Å². The fourth-order valence-electron chi connectivity index (χ4n) is 18.8. The molecular weight excluding hydrogens is 1740 g/mol. The molecule has 27 rings (SSSR count). The van der Waals surface area contributed by atoms with Crippen LogP contribution in [0.4, 0.5) is 0 Å². The van der Waals surface area contributed by atoms with Crippen LogP contribution < -0.4 is 0 Å². The van der Waals surface area contributed by atoms with Gasteiger partial charge in [-0.15, -0.1) is 34.0 Å². The van der Waals surface area contributed by atoms with E-state index < -0.39 is 0 Å². The van der Waals surface area contributed by atoms with Crippen LogP contribution in [0.3, 0.4) is 0 Å². The van der Waals surface area contributed by atoms with Crippen LogP contribution >= 0.6 is 34.0 Å². The van der Waals surface area contributed by atoms with E-state index in [1.165, 1.54) is 117 Å². The molecule has 0 N–H and O–H groups in total. The van der Waals surface area contributed by atoms with Gasteiger partial charge >= 0.3 is 0 Å². The molecule has 0 unspecified atom stereocenters. The van der Waals surface area contributed by atoms with Gasteiger partial charge < -0.3 is 0 Å². The molecule has 648 valence electrons. The first-order valence-corrected chi connectivity index (χ1v) is 48.3.